The van der Waals surface area contributed by atoms with Gasteiger partial charge in [-0.05, 0) is 20.8 Å². The average molecular weight is 246 g/mol. The van der Waals surface area contributed by atoms with Crippen LogP contribution in [0.25, 0.3) is 0 Å². The van der Waals surface area contributed by atoms with Crippen molar-refractivity contribution in [1.82, 2.24) is 4.90 Å². The fourth-order valence-corrected chi connectivity index (χ4v) is 1.41. The van der Waals surface area contributed by atoms with Gasteiger partial charge in [-0.15, -0.1) is 0 Å². The van der Waals surface area contributed by atoms with Crippen LogP contribution in [-0.2, 0) is 14.3 Å². The van der Waals surface area contributed by atoms with Gasteiger partial charge < -0.3 is 15.6 Å². The van der Waals surface area contributed by atoms with Gasteiger partial charge in [-0.25, -0.2) is 0 Å². The van der Waals surface area contributed by atoms with Crippen LogP contribution in [0.4, 0.5) is 0 Å². The van der Waals surface area contributed by atoms with E-state index in [1.54, 1.807) is 11.8 Å². The lowest BCUT2D eigenvalue weighted by Gasteiger charge is -2.27. The van der Waals surface area contributed by atoms with Crippen molar-refractivity contribution in [3.05, 3.63) is 0 Å². The van der Waals surface area contributed by atoms with Crippen molar-refractivity contribution < 1.29 is 19.4 Å². The van der Waals surface area contributed by atoms with E-state index in [2.05, 4.69) is 0 Å². The molecule has 0 spiro atoms. The van der Waals surface area contributed by atoms with Gasteiger partial charge in [0.05, 0.1) is 25.7 Å². The van der Waals surface area contributed by atoms with Gasteiger partial charge in [0, 0.05) is 12.6 Å². The monoisotopic (exact) mass is 246 g/mol. The minimum Gasteiger partial charge on any atom is -0.466 e. The summed E-state index contributed by atoms with van der Waals surface area (Å²) in [5, 5.41) is 9.68. The minimum absolute atomic E-state index is 0.0670. The predicted molar refractivity (Wildman–Crippen MR) is 63.2 cm³/mol. The Labute approximate surface area is 102 Å². The lowest BCUT2D eigenvalue weighted by atomic mass is 10.2. The van der Waals surface area contributed by atoms with Crippen molar-refractivity contribution in [2.45, 2.75) is 39.3 Å². The second kappa shape index (κ2) is 8.03. The Morgan fingerprint density at radius 2 is 2.00 bits per heavy atom. The molecule has 0 bridgehead atoms. The van der Waals surface area contributed by atoms with Crippen LogP contribution in [0.1, 0.15) is 27.2 Å². The van der Waals surface area contributed by atoms with Gasteiger partial charge in [0.15, 0.2) is 0 Å². The normalized spacial score (nSPS) is 12.8. The summed E-state index contributed by atoms with van der Waals surface area (Å²) in [7, 11) is 0. The van der Waals surface area contributed by atoms with Crippen LogP contribution < -0.4 is 5.73 Å². The van der Waals surface area contributed by atoms with Gasteiger partial charge in [0.1, 0.15) is 0 Å². The molecule has 0 aromatic rings. The molecular weight excluding hydrogens is 224 g/mol. The number of amides is 1. The first-order chi connectivity index (χ1) is 7.86. The highest BCUT2D eigenvalue weighted by Gasteiger charge is 2.19. The summed E-state index contributed by atoms with van der Waals surface area (Å²) in [6.45, 7) is 6.07. The van der Waals surface area contributed by atoms with Gasteiger partial charge in [-0.1, -0.05) is 0 Å². The summed E-state index contributed by atoms with van der Waals surface area (Å²) in [5.74, 6) is -0.898. The van der Waals surface area contributed by atoms with E-state index in [9.17, 15) is 14.7 Å². The molecule has 0 aliphatic carbocycles. The number of primary amides is 1. The van der Waals surface area contributed by atoms with E-state index in [0.717, 1.165) is 0 Å². The molecule has 0 fully saturated rings. The van der Waals surface area contributed by atoms with Gasteiger partial charge in [0.25, 0.3) is 0 Å². The van der Waals surface area contributed by atoms with Gasteiger partial charge >= 0.3 is 5.97 Å². The molecule has 100 valence electrons. The van der Waals surface area contributed by atoms with E-state index in [0.29, 0.717) is 6.61 Å². The van der Waals surface area contributed by atoms with Crippen molar-refractivity contribution in [3.63, 3.8) is 0 Å². The molecule has 0 aliphatic heterocycles. The van der Waals surface area contributed by atoms with Gasteiger partial charge in [0.2, 0.25) is 5.91 Å². The van der Waals surface area contributed by atoms with Crippen LogP contribution in [0, 0.1) is 0 Å². The average Bonchev–Trinajstić information content (AvgIpc) is 2.15. The third-order valence-corrected chi connectivity index (χ3v) is 2.24. The summed E-state index contributed by atoms with van der Waals surface area (Å²) < 4.78 is 4.73. The number of carbonyl (C=O) groups is 2. The van der Waals surface area contributed by atoms with Gasteiger partial charge in [-0.3, -0.25) is 14.5 Å². The van der Waals surface area contributed by atoms with Gasteiger partial charge in [-0.2, -0.15) is 0 Å². The standard InChI is InChI=1S/C11H22N2O4/c1-4-17-11(16)5-9(14)6-13(8(2)3)7-10(12)15/h8-9,14H,4-7H2,1-3H3,(H2,12,15). The fraction of sp³-hybridized carbons (Fsp3) is 0.818. The third-order valence-electron chi connectivity index (χ3n) is 2.24. The van der Waals surface area contributed by atoms with Crippen LogP contribution >= 0.6 is 0 Å². The topological polar surface area (TPSA) is 92.9 Å². The number of ether oxygens (including phenoxy) is 1. The molecular formula is C11H22N2O4. The Kier molecular flexibility index (Phi) is 7.49. The Balaban J connectivity index is 4.16. The summed E-state index contributed by atoms with van der Waals surface area (Å²) in [6, 6.07) is 0.0688. The summed E-state index contributed by atoms with van der Waals surface area (Å²) in [4.78, 5) is 23.7. The van der Waals surface area contributed by atoms with Crippen LogP contribution in [0.3, 0.4) is 0 Å². The zero-order valence-electron chi connectivity index (χ0n) is 10.7. The second-order valence-corrected chi connectivity index (χ2v) is 4.15. The number of nitrogens with two attached hydrogens (primary N) is 1. The Hall–Kier alpha value is -1.14. The molecule has 0 aromatic carbocycles. The second-order valence-electron chi connectivity index (χ2n) is 4.15. The third kappa shape index (κ3) is 7.70. The van der Waals surface area contributed by atoms with Crippen molar-refractivity contribution in [3.8, 4) is 0 Å². The number of aliphatic hydroxyl groups excluding tert-OH is 1. The molecule has 1 atom stereocenters. The number of rotatable bonds is 8. The molecule has 1 unspecified atom stereocenters. The highest BCUT2D eigenvalue weighted by Crippen LogP contribution is 2.03. The molecule has 0 aromatic heterocycles. The van der Waals surface area contributed by atoms with E-state index in [1.165, 1.54) is 0 Å². The number of hydrogen-bond donors (Lipinski definition) is 2. The lowest BCUT2D eigenvalue weighted by Crippen LogP contribution is -2.43. The first-order valence-corrected chi connectivity index (χ1v) is 5.72. The minimum atomic E-state index is -0.851. The number of nitrogens with zero attached hydrogens (tertiary/aromatic N) is 1. The number of hydrogen-bond acceptors (Lipinski definition) is 5. The molecule has 3 N–H and O–H groups in total. The molecule has 0 rings (SSSR count). The maximum absolute atomic E-state index is 11.1. The van der Waals surface area contributed by atoms with Crippen LogP contribution in [0.2, 0.25) is 0 Å². The van der Waals surface area contributed by atoms with Crippen molar-refractivity contribution in [2.75, 3.05) is 19.7 Å². The Bertz CT molecular complexity index is 256. The number of aliphatic hydroxyl groups is 1. The lowest BCUT2D eigenvalue weighted by molar-refractivity contribution is -0.145. The predicted octanol–water partition coefficient (Wildman–Crippen LogP) is -0.504. The fourth-order valence-electron chi connectivity index (χ4n) is 1.41. The summed E-state index contributed by atoms with van der Waals surface area (Å²) in [5.41, 5.74) is 5.10. The molecule has 1 amide bonds. The zero-order chi connectivity index (χ0) is 13.4. The molecule has 0 saturated carbocycles. The quantitative estimate of drug-likeness (QED) is 0.563. The van der Waals surface area contributed by atoms with Crippen LogP contribution in [-0.4, -0.2) is 53.7 Å². The highest BCUT2D eigenvalue weighted by molar-refractivity contribution is 5.76. The van der Waals surface area contributed by atoms with Crippen molar-refractivity contribution in [1.29, 1.82) is 0 Å². The molecule has 17 heavy (non-hydrogen) atoms. The van der Waals surface area contributed by atoms with E-state index >= 15 is 0 Å². The van der Waals surface area contributed by atoms with E-state index in [4.69, 9.17) is 10.5 Å². The molecule has 0 radical (unpaired) electrons. The summed E-state index contributed by atoms with van der Waals surface area (Å²) in [6.07, 6.45) is -0.925. The molecule has 6 nitrogen and oxygen atoms in total. The highest BCUT2D eigenvalue weighted by atomic mass is 16.5. The SMILES string of the molecule is CCOC(=O)CC(O)CN(CC(N)=O)C(C)C. The summed E-state index contributed by atoms with van der Waals surface area (Å²) >= 11 is 0. The molecule has 0 aliphatic rings. The van der Waals surface area contributed by atoms with E-state index < -0.39 is 18.0 Å². The number of esters is 1. The van der Waals surface area contributed by atoms with E-state index in [1.807, 2.05) is 13.8 Å². The molecule has 6 heteroatoms. The maximum Gasteiger partial charge on any atom is 0.308 e. The van der Waals surface area contributed by atoms with E-state index in [-0.39, 0.29) is 25.6 Å². The Morgan fingerprint density at radius 3 is 2.41 bits per heavy atom. The van der Waals surface area contributed by atoms with Crippen LogP contribution in [0.15, 0.2) is 0 Å². The first kappa shape index (κ1) is 15.9. The molecule has 0 heterocycles. The zero-order valence-corrected chi connectivity index (χ0v) is 10.7. The maximum atomic E-state index is 11.1. The smallest absolute Gasteiger partial charge is 0.308 e. The number of carbonyl (C=O) groups excluding carboxylic acids is 2. The van der Waals surface area contributed by atoms with Crippen molar-refractivity contribution >= 4 is 11.9 Å². The van der Waals surface area contributed by atoms with Crippen LogP contribution in [0.5, 0.6) is 0 Å². The Morgan fingerprint density at radius 1 is 1.41 bits per heavy atom. The van der Waals surface area contributed by atoms with Crippen molar-refractivity contribution in [2.24, 2.45) is 5.73 Å². The largest absolute Gasteiger partial charge is 0.466 e. The molecule has 0 saturated heterocycles. The first-order valence-electron chi connectivity index (χ1n) is 5.72.